The van der Waals surface area contributed by atoms with E-state index >= 15 is 0 Å². The van der Waals surface area contributed by atoms with Gasteiger partial charge in [-0.05, 0) is 29.8 Å². The summed E-state index contributed by atoms with van der Waals surface area (Å²) in [4.78, 5) is 12.4. The Morgan fingerprint density at radius 2 is 1.96 bits per heavy atom. The van der Waals surface area contributed by atoms with Crippen molar-refractivity contribution in [2.24, 2.45) is 5.10 Å². The molecule has 0 aliphatic carbocycles. The fraction of sp³-hybridized carbons (Fsp3) is 0.263. The van der Waals surface area contributed by atoms with E-state index in [9.17, 15) is 4.79 Å². The lowest BCUT2D eigenvalue weighted by atomic mass is 9.98. The number of rotatable bonds is 4. The highest BCUT2D eigenvalue weighted by Crippen LogP contribution is 2.35. The number of hydrogen-bond acceptors (Lipinski definition) is 3. The summed E-state index contributed by atoms with van der Waals surface area (Å²) in [5, 5.41) is 6.24. The molecular weight excluding hydrogens is 368 g/mol. The van der Waals surface area contributed by atoms with E-state index in [4.69, 9.17) is 4.74 Å². The van der Waals surface area contributed by atoms with Crippen molar-refractivity contribution in [3.05, 3.63) is 64.1 Å². The number of hydrogen-bond donors (Lipinski definition) is 0. The highest BCUT2D eigenvalue weighted by Gasteiger charge is 2.33. The van der Waals surface area contributed by atoms with E-state index in [2.05, 4.69) is 21.0 Å². The topological polar surface area (TPSA) is 41.9 Å². The predicted molar refractivity (Wildman–Crippen MR) is 98.2 cm³/mol. The Morgan fingerprint density at radius 1 is 1.25 bits per heavy atom. The van der Waals surface area contributed by atoms with Crippen molar-refractivity contribution in [2.45, 2.75) is 25.8 Å². The molecule has 124 valence electrons. The van der Waals surface area contributed by atoms with Gasteiger partial charge in [0.15, 0.2) is 0 Å². The summed E-state index contributed by atoms with van der Waals surface area (Å²) in [5.41, 5.74) is 2.89. The van der Waals surface area contributed by atoms with Gasteiger partial charge in [-0.25, -0.2) is 5.01 Å². The van der Waals surface area contributed by atoms with Crippen LogP contribution >= 0.6 is 15.9 Å². The molecule has 0 saturated heterocycles. The van der Waals surface area contributed by atoms with E-state index in [1.54, 1.807) is 12.1 Å². The van der Waals surface area contributed by atoms with Crippen LogP contribution in [0, 0.1) is 0 Å². The number of nitrogens with zero attached hydrogens (tertiary/aromatic N) is 2. The molecule has 4 nitrogen and oxygen atoms in total. The average Bonchev–Trinajstić information content (AvgIpc) is 3.06. The zero-order chi connectivity index (χ0) is 17.1. The Balaban J connectivity index is 1.98. The molecule has 0 saturated carbocycles. The van der Waals surface area contributed by atoms with Crippen LogP contribution in [0.2, 0.25) is 0 Å². The summed E-state index contributed by atoms with van der Waals surface area (Å²) in [6, 6.07) is 15.8. The Labute approximate surface area is 150 Å². The second kappa shape index (κ2) is 7.18. The van der Waals surface area contributed by atoms with Crippen LogP contribution in [0.1, 0.15) is 36.9 Å². The van der Waals surface area contributed by atoms with E-state index in [1.165, 1.54) is 0 Å². The van der Waals surface area contributed by atoms with Gasteiger partial charge in [0.2, 0.25) is 5.91 Å². The van der Waals surface area contributed by atoms with Crippen LogP contribution in [-0.4, -0.2) is 23.7 Å². The van der Waals surface area contributed by atoms with Crippen molar-refractivity contribution in [1.82, 2.24) is 5.01 Å². The Morgan fingerprint density at radius 3 is 2.62 bits per heavy atom. The standard InChI is InChI=1S/C19H19BrN2O2/c1-3-19(23)22-17(13-8-10-14(20)11-9-13)12-16(21-22)15-6-4-5-7-18(15)24-2/h4-11,17H,3,12H2,1-2H3. The number of methoxy groups -OCH3 is 1. The SMILES string of the molecule is CCC(=O)N1N=C(c2ccccc2OC)CC1c1ccc(Br)cc1. The first-order valence-electron chi connectivity index (χ1n) is 7.92. The molecule has 1 heterocycles. The minimum Gasteiger partial charge on any atom is -0.496 e. The maximum Gasteiger partial charge on any atom is 0.242 e. The van der Waals surface area contributed by atoms with Crippen LogP contribution in [0.15, 0.2) is 58.1 Å². The Bertz CT molecular complexity index is 771. The first kappa shape index (κ1) is 16.7. The maximum atomic E-state index is 12.4. The third-order valence-electron chi connectivity index (χ3n) is 4.14. The molecule has 0 radical (unpaired) electrons. The Kier molecular flexibility index (Phi) is 5.00. The zero-order valence-electron chi connectivity index (χ0n) is 13.7. The van der Waals surface area contributed by atoms with Crippen LogP contribution in [-0.2, 0) is 4.79 Å². The third kappa shape index (κ3) is 3.22. The van der Waals surface area contributed by atoms with E-state index in [0.717, 1.165) is 27.1 Å². The maximum absolute atomic E-state index is 12.4. The van der Waals surface area contributed by atoms with E-state index < -0.39 is 0 Å². The number of halogens is 1. The Hall–Kier alpha value is -2.14. The number of ether oxygens (including phenoxy) is 1. The molecule has 1 aliphatic heterocycles. The first-order chi connectivity index (χ1) is 11.6. The molecule has 0 bridgehead atoms. The summed E-state index contributed by atoms with van der Waals surface area (Å²) in [6.07, 6.45) is 1.10. The van der Waals surface area contributed by atoms with Crippen molar-refractivity contribution < 1.29 is 9.53 Å². The van der Waals surface area contributed by atoms with Gasteiger partial charge < -0.3 is 4.74 Å². The summed E-state index contributed by atoms with van der Waals surface area (Å²) < 4.78 is 6.46. The smallest absolute Gasteiger partial charge is 0.242 e. The number of amides is 1. The lowest BCUT2D eigenvalue weighted by Gasteiger charge is -2.21. The predicted octanol–water partition coefficient (Wildman–Crippen LogP) is 4.55. The molecule has 1 atom stereocenters. The highest BCUT2D eigenvalue weighted by molar-refractivity contribution is 9.10. The lowest BCUT2D eigenvalue weighted by molar-refractivity contribution is -0.132. The molecule has 3 rings (SSSR count). The minimum absolute atomic E-state index is 0.0211. The van der Waals surface area contributed by atoms with Crippen molar-refractivity contribution in [2.75, 3.05) is 7.11 Å². The number of carbonyl (C=O) groups excluding carboxylic acids is 1. The second-order valence-electron chi connectivity index (χ2n) is 5.61. The van der Waals surface area contributed by atoms with Gasteiger partial charge in [-0.1, -0.05) is 47.1 Å². The van der Waals surface area contributed by atoms with Crippen LogP contribution < -0.4 is 4.74 Å². The molecule has 0 fully saturated rings. The van der Waals surface area contributed by atoms with Crippen molar-refractivity contribution in [1.29, 1.82) is 0 Å². The van der Waals surface area contributed by atoms with E-state index in [-0.39, 0.29) is 11.9 Å². The normalized spacial score (nSPS) is 16.9. The molecule has 5 heteroatoms. The minimum atomic E-state index is -0.0783. The first-order valence-corrected chi connectivity index (χ1v) is 8.71. The van der Waals surface area contributed by atoms with Gasteiger partial charge in [-0.15, -0.1) is 0 Å². The van der Waals surface area contributed by atoms with Gasteiger partial charge in [-0.3, -0.25) is 4.79 Å². The number of carbonyl (C=O) groups is 1. The summed E-state index contributed by atoms with van der Waals surface area (Å²) in [6.45, 7) is 1.86. The van der Waals surface area contributed by atoms with Crippen molar-refractivity contribution >= 4 is 27.5 Å². The van der Waals surface area contributed by atoms with Gasteiger partial charge in [0.1, 0.15) is 5.75 Å². The van der Waals surface area contributed by atoms with Gasteiger partial charge in [0.05, 0.1) is 18.9 Å². The van der Waals surface area contributed by atoms with Crippen molar-refractivity contribution in [3.8, 4) is 5.75 Å². The lowest BCUT2D eigenvalue weighted by Crippen LogP contribution is -2.26. The molecule has 1 amide bonds. The highest BCUT2D eigenvalue weighted by atomic mass is 79.9. The van der Waals surface area contributed by atoms with Crippen LogP contribution in [0.5, 0.6) is 5.75 Å². The van der Waals surface area contributed by atoms with E-state index in [0.29, 0.717) is 12.8 Å². The van der Waals surface area contributed by atoms with Gasteiger partial charge in [0, 0.05) is 22.9 Å². The molecule has 1 unspecified atom stereocenters. The molecule has 2 aromatic carbocycles. The fourth-order valence-corrected chi connectivity index (χ4v) is 3.16. The summed E-state index contributed by atoms with van der Waals surface area (Å²) in [7, 11) is 1.65. The summed E-state index contributed by atoms with van der Waals surface area (Å²) >= 11 is 3.45. The quantitative estimate of drug-likeness (QED) is 0.773. The van der Waals surface area contributed by atoms with E-state index in [1.807, 2.05) is 55.5 Å². The van der Waals surface area contributed by atoms with Crippen molar-refractivity contribution in [3.63, 3.8) is 0 Å². The molecule has 24 heavy (non-hydrogen) atoms. The van der Waals surface area contributed by atoms with Crippen LogP contribution in [0.4, 0.5) is 0 Å². The second-order valence-corrected chi connectivity index (χ2v) is 6.53. The monoisotopic (exact) mass is 386 g/mol. The van der Waals surface area contributed by atoms with Gasteiger partial charge in [0.25, 0.3) is 0 Å². The molecule has 0 spiro atoms. The molecule has 0 N–H and O–H groups in total. The largest absolute Gasteiger partial charge is 0.496 e. The number of hydrazone groups is 1. The van der Waals surface area contributed by atoms with Gasteiger partial charge in [-0.2, -0.15) is 5.10 Å². The summed E-state index contributed by atoms with van der Waals surface area (Å²) in [5.74, 6) is 0.796. The number of benzene rings is 2. The van der Waals surface area contributed by atoms with Gasteiger partial charge >= 0.3 is 0 Å². The number of para-hydroxylation sites is 1. The fourth-order valence-electron chi connectivity index (χ4n) is 2.89. The molecular formula is C19H19BrN2O2. The van der Waals surface area contributed by atoms with Crippen LogP contribution in [0.25, 0.3) is 0 Å². The van der Waals surface area contributed by atoms with Crippen LogP contribution in [0.3, 0.4) is 0 Å². The zero-order valence-corrected chi connectivity index (χ0v) is 15.3. The molecule has 1 aliphatic rings. The molecule has 0 aromatic heterocycles. The molecule has 2 aromatic rings. The third-order valence-corrected chi connectivity index (χ3v) is 4.67. The average molecular weight is 387 g/mol.